The molecule has 0 saturated carbocycles. The van der Waals surface area contributed by atoms with Crippen LogP contribution in [-0.4, -0.2) is 22.2 Å². The lowest BCUT2D eigenvalue weighted by molar-refractivity contribution is 0.369. The van der Waals surface area contributed by atoms with Crippen LogP contribution in [0.25, 0.3) is 0 Å². The van der Waals surface area contributed by atoms with Gasteiger partial charge >= 0.3 is 0 Å². The number of hydrogen-bond donors (Lipinski definition) is 2. The Morgan fingerprint density at radius 2 is 1.81 bits per heavy atom. The van der Waals surface area contributed by atoms with Gasteiger partial charge < -0.3 is 20.5 Å². The quantitative estimate of drug-likeness (QED) is 0.832. The van der Waals surface area contributed by atoms with Gasteiger partial charge in [0, 0.05) is 13.1 Å². The molecule has 0 atom stereocenters. The second kappa shape index (κ2) is 6.95. The van der Waals surface area contributed by atoms with Crippen LogP contribution in [0.15, 0.2) is 48.5 Å². The van der Waals surface area contributed by atoms with Crippen molar-refractivity contribution in [1.82, 2.24) is 4.90 Å². The lowest BCUT2D eigenvalue weighted by Crippen LogP contribution is -2.34. The average molecular weight is 302 g/mol. The minimum atomic E-state index is 0.117. The fourth-order valence-corrected chi connectivity index (χ4v) is 2.19. The van der Waals surface area contributed by atoms with Crippen LogP contribution < -0.4 is 10.5 Å². The molecule has 4 nitrogen and oxygen atoms in total. The summed E-state index contributed by atoms with van der Waals surface area (Å²) in [6, 6.07) is 15.2. The van der Waals surface area contributed by atoms with Gasteiger partial charge in [-0.05, 0) is 35.5 Å². The van der Waals surface area contributed by atoms with E-state index in [1.165, 1.54) is 7.11 Å². The van der Waals surface area contributed by atoms with E-state index in [4.69, 9.17) is 22.7 Å². The molecule has 0 fully saturated rings. The Bertz CT molecular complexity index is 617. The van der Waals surface area contributed by atoms with Crippen LogP contribution in [0.3, 0.4) is 0 Å². The summed E-state index contributed by atoms with van der Waals surface area (Å²) in [5.74, 6) is 0.557. The molecule has 0 aliphatic rings. The lowest BCUT2D eigenvalue weighted by Gasteiger charge is -2.23. The lowest BCUT2D eigenvalue weighted by atomic mass is 10.1. The standard InChI is InChI=1S/C16H18N2O2S/c1-20-15-9-13(7-8-14(15)19)11-18(16(17)21)10-12-5-3-2-4-6-12/h2-9,19H,10-11H2,1H3,(H2,17,21). The van der Waals surface area contributed by atoms with Crippen molar-refractivity contribution in [1.29, 1.82) is 0 Å². The van der Waals surface area contributed by atoms with Crippen molar-refractivity contribution in [3.05, 3.63) is 59.7 Å². The number of hydrogen-bond acceptors (Lipinski definition) is 3. The third-order valence-corrected chi connectivity index (χ3v) is 3.40. The summed E-state index contributed by atoms with van der Waals surface area (Å²) in [4.78, 5) is 1.90. The van der Waals surface area contributed by atoms with E-state index in [0.717, 1.165) is 11.1 Å². The van der Waals surface area contributed by atoms with E-state index >= 15 is 0 Å². The first-order chi connectivity index (χ1) is 10.1. The van der Waals surface area contributed by atoms with Crippen molar-refractivity contribution in [2.45, 2.75) is 13.1 Å². The number of nitrogens with two attached hydrogens (primary N) is 1. The normalized spacial score (nSPS) is 10.1. The molecule has 0 amide bonds. The topological polar surface area (TPSA) is 58.7 Å². The van der Waals surface area contributed by atoms with Gasteiger partial charge in [0.1, 0.15) is 0 Å². The fraction of sp³-hybridized carbons (Fsp3) is 0.188. The Labute approximate surface area is 129 Å². The first-order valence-corrected chi connectivity index (χ1v) is 6.95. The van der Waals surface area contributed by atoms with Gasteiger partial charge in [0.15, 0.2) is 16.6 Å². The van der Waals surface area contributed by atoms with Gasteiger partial charge in [-0.25, -0.2) is 0 Å². The second-order valence-electron chi connectivity index (χ2n) is 4.69. The molecule has 0 aromatic heterocycles. The van der Waals surface area contributed by atoms with Gasteiger partial charge in [0.25, 0.3) is 0 Å². The molecule has 0 saturated heterocycles. The molecule has 0 unspecified atom stereocenters. The molecule has 0 aliphatic heterocycles. The van der Waals surface area contributed by atoms with Gasteiger partial charge in [-0.1, -0.05) is 36.4 Å². The number of thiocarbonyl (C=S) groups is 1. The molecule has 0 bridgehead atoms. The Morgan fingerprint density at radius 1 is 1.14 bits per heavy atom. The molecule has 5 heteroatoms. The maximum Gasteiger partial charge on any atom is 0.166 e. The van der Waals surface area contributed by atoms with E-state index in [1.54, 1.807) is 12.1 Å². The van der Waals surface area contributed by atoms with Gasteiger partial charge in [-0.2, -0.15) is 0 Å². The summed E-state index contributed by atoms with van der Waals surface area (Å²) in [6.07, 6.45) is 0. The molecule has 3 N–H and O–H groups in total. The Kier molecular flexibility index (Phi) is 5.00. The summed E-state index contributed by atoms with van der Waals surface area (Å²) in [5.41, 5.74) is 7.91. The Hall–Kier alpha value is -2.27. The summed E-state index contributed by atoms with van der Waals surface area (Å²) >= 11 is 5.13. The molecule has 2 aromatic carbocycles. The van der Waals surface area contributed by atoms with Crippen LogP contribution in [0.4, 0.5) is 0 Å². The van der Waals surface area contributed by atoms with Gasteiger partial charge in [0.2, 0.25) is 0 Å². The van der Waals surface area contributed by atoms with Crippen molar-refractivity contribution in [3.63, 3.8) is 0 Å². The largest absolute Gasteiger partial charge is 0.504 e. The highest BCUT2D eigenvalue weighted by molar-refractivity contribution is 7.80. The predicted molar refractivity (Wildman–Crippen MR) is 87.1 cm³/mol. The van der Waals surface area contributed by atoms with Crippen LogP contribution in [0, 0.1) is 0 Å². The number of nitrogens with zero attached hydrogens (tertiary/aromatic N) is 1. The van der Waals surface area contributed by atoms with E-state index in [0.29, 0.717) is 24.0 Å². The molecule has 2 rings (SSSR count). The fourth-order valence-electron chi connectivity index (χ4n) is 2.06. The third-order valence-electron chi connectivity index (χ3n) is 3.15. The van der Waals surface area contributed by atoms with E-state index in [9.17, 15) is 5.11 Å². The molecular formula is C16H18N2O2S. The van der Waals surface area contributed by atoms with Crippen LogP contribution in [0.5, 0.6) is 11.5 Å². The smallest absolute Gasteiger partial charge is 0.166 e. The molecule has 0 radical (unpaired) electrons. The molecular weight excluding hydrogens is 284 g/mol. The minimum Gasteiger partial charge on any atom is -0.504 e. The van der Waals surface area contributed by atoms with Crippen LogP contribution in [0.1, 0.15) is 11.1 Å². The number of aromatic hydroxyl groups is 1. The molecule has 0 heterocycles. The van der Waals surface area contributed by atoms with Crippen molar-refractivity contribution in [3.8, 4) is 11.5 Å². The zero-order valence-corrected chi connectivity index (χ0v) is 12.6. The van der Waals surface area contributed by atoms with Crippen LogP contribution in [-0.2, 0) is 13.1 Å². The summed E-state index contributed by atoms with van der Waals surface area (Å²) in [7, 11) is 1.52. The molecule has 21 heavy (non-hydrogen) atoms. The van der Waals surface area contributed by atoms with Gasteiger partial charge in [-0.15, -0.1) is 0 Å². The van der Waals surface area contributed by atoms with E-state index < -0.39 is 0 Å². The summed E-state index contributed by atoms with van der Waals surface area (Å²) < 4.78 is 5.11. The molecule has 0 spiro atoms. The highest BCUT2D eigenvalue weighted by atomic mass is 32.1. The second-order valence-corrected chi connectivity index (χ2v) is 5.10. The first-order valence-electron chi connectivity index (χ1n) is 6.54. The number of phenolic OH excluding ortho intramolecular Hbond substituents is 1. The third kappa shape index (κ3) is 4.10. The average Bonchev–Trinajstić information content (AvgIpc) is 2.49. The monoisotopic (exact) mass is 302 g/mol. The van der Waals surface area contributed by atoms with Gasteiger partial charge in [0.05, 0.1) is 7.11 Å². The zero-order chi connectivity index (χ0) is 15.2. The van der Waals surface area contributed by atoms with Crippen molar-refractivity contribution < 1.29 is 9.84 Å². The minimum absolute atomic E-state index is 0.117. The highest BCUT2D eigenvalue weighted by Crippen LogP contribution is 2.27. The van der Waals surface area contributed by atoms with Crippen LogP contribution in [0.2, 0.25) is 0 Å². The Morgan fingerprint density at radius 3 is 2.43 bits per heavy atom. The molecule has 110 valence electrons. The van der Waals surface area contributed by atoms with E-state index in [2.05, 4.69) is 0 Å². The number of ether oxygens (including phenoxy) is 1. The number of rotatable bonds is 5. The van der Waals surface area contributed by atoms with Crippen LogP contribution >= 0.6 is 12.2 Å². The number of methoxy groups -OCH3 is 1. The summed E-state index contributed by atoms with van der Waals surface area (Å²) in [5, 5.41) is 9.96. The van der Waals surface area contributed by atoms with Crippen molar-refractivity contribution in [2.75, 3.05) is 7.11 Å². The SMILES string of the molecule is COc1cc(CN(Cc2ccccc2)C(N)=S)ccc1O. The maximum absolute atomic E-state index is 9.62. The zero-order valence-electron chi connectivity index (χ0n) is 11.8. The summed E-state index contributed by atoms with van der Waals surface area (Å²) in [6.45, 7) is 1.19. The van der Waals surface area contributed by atoms with Crippen molar-refractivity contribution >= 4 is 17.3 Å². The van der Waals surface area contributed by atoms with E-state index in [-0.39, 0.29) is 5.75 Å². The maximum atomic E-state index is 9.62. The van der Waals surface area contributed by atoms with Crippen molar-refractivity contribution in [2.24, 2.45) is 5.73 Å². The first kappa shape index (κ1) is 15.1. The number of phenols is 1. The highest BCUT2D eigenvalue weighted by Gasteiger charge is 2.10. The predicted octanol–water partition coefficient (Wildman–Crippen LogP) is 2.65. The Balaban J connectivity index is 2.15. The van der Waals surface area contributed by atoms with Gasteiger partial charge in [-0.3, -0.25) is 0 Å². The molecule has 2 aromatic rings. The number of benzene rings is 2. The van der Waals surface area contributed by atoms with E-state index in [1.807, 2.05) is 41.3 Å². The molecule has 0 aliphatic carbocycles.